The highest BCUT2D eigenvalue weighted by Crippen LogP contribution is 2.29. The lowest BCUT2D eigenvalue weighted by Gasteiger charge is -2.18. The Morgan fingerprint density at radius 1 is 1.35 bits per heavy atom. The number of hydrogen-bond donors (Lipinski definition) is 2. The zero-order valence-corrected chi connectivity index (χ0v) is 11.5. The number of aliphatic hydroxyl groups is 1. The Bertz CT molecular complexity index is 546. The smallest absolute Gasteiger partial charge is 0.126 e. The van der Waals surface area contributed by atoms with Crippen molar-refractivity contribution in [2.45, 2.75) is 38.2 Å². The zero-order valence-electron chi connectivity index (χ0n) is 11.5. The summed E-state index contributed by atoms with van der Waals surface area (Å²) in [5.41, 5.74) is 2.21. The van der Waals surface area contributed by atoms with Crippen LogP contribution in [-0.2, 0) is 9.47 Å². The number of ether oxygens (including phenoxy) is 2. The van der Waals surface area contributed by atoms with Gasteiger partial charge in [0.15, 0.2) is 0 Å². The van der Waals surface area contributed by atoms with Gasteiger partial charge in [-0.25, -0.2) is 4.98 Å². The van der Waals surface area contributed by atoms with E-state index in [2.05, 4.69) is 16.4 Å². The molecule has 3 heterocycles. The SMILES string of the molecule is Cc1cc(N[C@H]2CO[C@H]3[C@@H]2OC[C@H]3O)nc(C)c1C#N. The van der Waals surface area contributed by atoms with Crippen LogP contribution in [0.5, 0.6) is 0 Å². The summed E-state index contributed by atoms with van der Waals surface area (Å²) in [5, 5.41) is 22.0. The summed E-state index contributed by atoms with van der Waals surface area (Å²) in [5.74, 6) is 0.707. The quantitative estimate of drug-likeness (QED) is 0.817. The van der Waals surface area contributed by atoms with Gasteiger partial charge in [0.25, 0.3) is 0 Å². The number of rotatable bonds is 2. The fourth-order valence-corrected chi connectivity index (χ4v) is 2.87. The first kappa shape index (κ1) is 13.3. The highest BCUT2D eigenvalue weighted by Gasteiger charge is 2.47. The highest BCUT2D eigenvalue weighted by molar-refractivity contribution is 5.49. The molecule has 2 N–H and O–H groups in total. The fourth-order valence-electron chi connectivity index (χ4n) is 2.87. The van der Waals surface area contributed by atoms with E-state index in [0.29, 0.717) is 30.3 Å². The molecule has 0 aromatic carbocycles. The van der Waals surface area contributed by atoms with Crippen molar-refractivity contribution in [2.24, 2.45) is 0 Å². The summed E-state index contributed by atoms with van der Waals surface area (Å²) in [6, 6.07) is 3.97. The van der Waals surface area contributed by atoms with Gasteiger partial charge < -0.3 is 19.9 Å². The van der Waals surface area contributed by atoms with Crippen LogP contribution in [0.4, 0.5) is 5.82 Å². The van der Waals surface area contributed by atoms with Crippen LogP contribution >= 0.6 is 0 Å². The second-order valence-corrected chi connectivity index (χ2v) is 5.31. The Hall–Kier alpha value is -1.68. The molecule has 2 fully saturated rings. The lowest BCUT2D eigenvalue weighted by atomic mass is 10.1. The van der Waals surface area contributed by atoms with Crippen LogP contribution in [0.3, 0.4) is 0 Å². The molecule has 0 amide bonds. The minimum absolute atomic E-state index is 0.0311. The Kier molecular flexibility index (Phi) is 3.34. The summed E-state index contributed by atoms with van der Waals surface area (Å²) < 4.78 is 11.1. The van der Waals surface area contributed by atoms with Crippen LogP contribution in [0.15, 0.2) is 6.07 Å². The van der Waals surface area contributed by atoms with Gasteiger partial charge in [-0.1, -0.05) is 0 Å². The van der Waals surface area contributed by atoms with Gasteiger partial charge in [0.05, 0.1) is 30.5 Å². The van der Waals surface area contributed by atoms with Crippen molar-refractivity contribution in [1.82, 2.24) is 4.98 Å². The molecule has 106 valence electrons. The second kappa shape index (κ2) is 5.02. The van der Waals surface area contributed by atoms with Crippen molar-refractivity contribution in [3.8, 4) is 6.07 Å². The summed E-state index contributed by atoms with van der Waals surface area (Å²) in [6.07, 6.45) is -0.958. The number of hydrogen-bond acceptors (Lipinski definition) is 6. The molecular formula is C14H17N3O3. The van der Waals surface area contributed by atoms with Crippen LogP contribution in [0.1, 0.15) is 16.8 Å². The number of fused-ring (bicyclic) bond motifs is 1. The van der Waals surface area contributed by atoms with Crippen LogP contribution in [0.25, 0.3) is 0 Å². The molecule has 2 saturated heterocycles. The van der Waals surface area contributed by atoms with Crippen molar-refractivity contribution in [2.75, 3.05) is 18.5 Å². The van der Waals surface area contributed by atoms with Gasteiger partial charge in [0.1, 0.15) is 30.2 Å². The third-order valence-electron chi connectivity index (χ3n) is 3.87. The van der Waals surface area contributed by atoms with Crippen molar-refractivity contribution in [1.29, 1.82) is 5.26 Å². The predicted octanol–water partition coefficient (Wildman–Crippen LogP) is 0.509. The Balaban J connectivity index is 1.78. The number of aromatic nitrogens is 1. The molecule has 3 rings (SSSR count). The van der Waals surface area contributed by atoms with Crippen LogP contribution in [0.2, 0.25) is 0 Å². The van der Waals surface area contributed by atoms with E-state index in [9.17, 15) is 5.11 Å². The van der Waals surface area contributed by atoms with Crippen molar-refractivity contribution >= 4 is 5.82 Å². The van der Waals surface area contributed by atoms with Crippen LogP contribution in [0, 0.1) is 25.2 Å². The first-order valence-electron chi connectivity index (χ1n) is 6.66. The molecule has 0 unspecified atom stereocenters. The maximum Gasteiger partial charge on any atom is 0.126 e. The minimum atomic E-state index is -0.552. The second-order valence-electron chi connectivity index (χ2n) is 5.31. The van der Waals surface area contributed by atoms with E-state index in [-0.39, 0.29) is 18.2 Å². The standard InChI is InChI=1S/C14H17N3O3/c1-7-3-12(16-8(2)9(7)4-15)17-10-5-19-14-11(18)6-20-13(10)14/h3,10-11,13-14,18H,5-6H2,1-2H3,(H,16,17)/t10-,11+,13+,14+/m0/s1. The van der Waals surface area contributed by atoms with E-state index in [1.807, 2.05) is 19.9 Å². The summed E-state index contributed by atoms with van der Waals surface area (Å²) in [4.78, 5) is 4.39. The topological polar surface area (TPSA) is 87.4 Å². The van der Waals surface area contributed by atoms with Gasteiger partial charge in [-0.05, 0) is 25.5 Å². The van der Waals surface area contributed by atoms with E-state index < -0.39 is 6.10 Å². The van der Waals surface area contributed by atoms with E-state index >= 15 is 0 Å². The lowest BCUT2D eigenvalue weighted by molar-refractivity contribution is 0.0184. The third kappa shape index (κ3) is 2.14. The summed E-state index contributed by atoms with van der Waals surface area (Å²) >= 11 is 0. The molecule has 0 spiro atoms. The number of nitrogens with one attached hydrogen (secondary N) is 1. The molecule has 0 bridgehead atoms. The average molecular weight is 275 g/mol. The molecule has 6 nitrogen and oxygen atoms in total. The van der Waals surface area contributed by atoms with Crippen LogP contribution < -0.4 is 5.32 Å². The average Bonchev–Trinajstić information content (AvgIpc) is 2.94. The predicted molar refractivity (Wildman–Crippen MR) is 71.3 cm³/mol. The van der Waals surface area contributed by atoms with Crippen molar-refractivity contribution in [3.63, 3.8) is 0 Å². The number of nitrogens with zero attached hydrogens (tertiary/aromatic N) is 2. The maximum atomic E-state index is 9.71. The maximum absolute atomic E-state index is 9.71. The molecule has 0 saturated carbocycles. The molecule has 20 heavy (non-hydrogen) atoms. The highest BCUT2D eigenvalue weighted by atomic mass is 16.6. The first-order valence-corrected chi connectivity index (χ1v) is 6.66. The normalized spacial score (nSPS) is 31.9. The molecule has 0 radical (unpaired) electrons. The Morgan fingerprint density at radius 3 is 2.80 bits per heavy atom. The fraction of sp³-hybridized carbons (Fsp3) is 0.571. The summed E-state index contributed by atoms with van der Waals surface area (Å²) in [6.45, 7) is 4.50. The molecule has 2 aliphatic rings. The molecular weight excluding hydrogens is 258 g/mol. The zero-order chi connectivity index (χ0) is 14.3. The van der Waals surface area contributed by atoms with Crippen LogP contribution in [-0.4, -0.2) is 47.7 Å². The van der Waals surface area contributed by atoms with Gasteiger partial charge in [0.2, 0.25) is 0 Å². The van der Waals surface area contributed by atoms with E-state index in [0.717, 1.165) is 5.56 Å². The number of anilines is 1. The molecule has 0 aliphatic carbocycles. The monoisotopic (exact) mass is 275 g/mol. The third-order valence-corrected chi connectivity index (χ3v) is 3.87. The first-order chi connectivity index (χ1) is 9.60. The molecule has 6 heteroatoms. The van der Waals surface area contributed by atoms with Gasteiger partial charge in [-0.2, -0.15) is 5.26 Å². The van der Waals surface area contributed by atoms with E-state index in [1.165, 1.54) is 0 Å². The van der Waals surface area contributed by atoms with Gasteiger partial charge in [-0.3, -0.25) is 0 Å². The number of aryl methyl sites for hydroxylation is 2. The number of nitriles is 1. The molecule has 1 aromatic heterocycles. The van der Waals surface area contributed by atoms with Crippen molar-refractivity contribution < 1.29 is 14.6 Å². The van der Waals surface area contributed by atoms with E-state index in [1.54, 1.807) is 0 Å². The van der Waals surface area contributed by atoms with Gasteiger partial charge in [0, 0.05) is 0 Å². The largest absolute Gasteiger partial charge is 0.388 e. The lowest BCUT2D eigenvalue weighted by Crippen LogP contribution is -2.36. The van der Waals surface area contributed by atoms with Crippen molar-refractivity contribution in [3.05, 3.63) is 22.9 Å². The number of pyridine rings is 1. The minimum Gasteiger partial charge on any atom is -0.388 e. The Morgan fingerprint density at radius 2 is 2.10 bits per heavy atom. The molecule has 1 aromatic rings. The van der Waals surface area contributed by atoms with E-state index in [4.69, 9.17) is 14.7 Å². The number of aliphatic hydroxyl groups excluding tert-OH is 1. The molecule has 2 aliphatic heterocycles. The summed E-state index contributed by atoms with van der Waals surface area (Å²) in [7, 11) is 0. The molecule has 4 atom stereocenters. The van der Waals surface area contributed by atoms with Gasteiger partial charge >= 0.3 is 0 Å². The van der Waals surface area contributed by atoms with Gasteiger partial charge in [-0.15, -0.1) is 0 Å². The Labute approximate surface area is 117 Å².